The molecule has 0 aliphatic carbocycles. The number of nitrogens with zero attached hydrogens (tertiary/aromatic N) is 1. The normalized spacial score (nSPS) is 9.62. The van der Waals surface area contributed by atoms with Gasteiger partial charge < -0.3 is 5.11 Å². The van der Waals surface area contributed by atoms with Crippen molar-refractivity contribution in [3.05, 3.63) is 35.9 Å². The van der Waals surface area contributed by atoms with Gasteiger partial charge in [-0.1, -0.05) is 12.1 Å². The zero-order valence-corrected chi connectivity index (χ0v) is 6.78. The third-order valence-electron chi connectivity index (χ3n) is 1.94. The summed E-state index contributed by atoms with van der Waals surface area (Å²) in [6.07, 6.45) is 0. The van der Waals surface area contributed by atoms with Gasteiger partial charge in [-0.25, -0.2) is 4.98 Å². The van der Waals surface area contributed by atoms with Gasteiger partial charge in [-0.3, -0.25) is 0 Å². The van der Waals surface area contributed by atoms with Gasteiger partial charge in [0.15, 0.2) is 17.4 Å². The highest BCUT2D eigenvalue weighted by Crippen LogP contribution is 2.18. The van der Waals surface area contributed by atoms with Crippen LogP contribution < -0.4 is 0 Å². The topological polar surface area (TPSA) is 33.1 Å². The average molecular weight is 189 g/mol. The first-order chi connectivity index (χ1) is 5.77. The molecule has 13 heavy (non-hydrogen) atoms. The number of aromatic nitrogens is 1. The molecule has 0 bridgehead atoms. The van der Waals surface area contributed by atoms with Gasteiger partial charge in [0.2, 0.25) is 5.88 Å². The molecule has 2 nitrogen and oxygen atoms in total. The summed E-state index contributed by atoms with van der Waals surface area (Å²) < 4.78 is 0. The highest BCUT2D eigenvalue weighted by atomic mass is 27.0. The Morgan fingerprint density at radius 1 is 1.15 bits per heavy atom. The van der Waals surface area contributed by atoms with E-state index in [4.69, 9.17) is 5.11 Å². The van der Waals surface area contributed by atoms with Gasteiger partial charge in [0, 0.05) is 11.5 Å². The van der Waals surface area contributed by atoms with Gasteiger partial charge in [0.05, 0.1) is 5.52 Å². The second kappa shape index (κ2) is 3.78. The number of fused-ring (bicyclic) bond motifs is 1. The second-order valence-electron chi connectivity index (χ2n) is 2.81. The van der Waals surface area contributed by atoms with Gasteiger partial charge in [-0.15, -0.1) is 0 Å². The maximum absolute atomic E-state index is 9.11. The van der Waals surface area contributed by atoms with Gasteiger partial charge in [-0.2, -0.15) is 0 Å². The summed E-state index contributed by atoms with van der Waals surface area (Å²) in [6, 6.07) is 9.34. The Bertz CT molecular complexity index is 428. The zero-order valence-electron chi connectivity index (χ0n) is 6.78. The van der Waals surface area contributed by atoms with E-state index >= 15 is 0 Å². The summed E-state index contributed by atoms with van der Waals surface area (Å²) >= 11 is 0. The molecule has 2 rings (SSSR count). The molecular weight excluding hydrogens is 177 g/mol. The fraction of sp³-hybridized carbons (Fsp3) is 0.100. The number of aryl methyl sites for hydroxylation is 1. The minimum absolute atomic E-state index is 0. The van der Waals surface area contributed by atoms with Crippen molar-refractivity contribution in [3.8, 4) is 5.88 Å². The minimum atomic E-state index is 0. The Kier molecular flexibility index (Phi) is 2.92. The third-order valence-corrected chi connectivity index (χ3v) is 1.94. The molecule has 1 aromatic heterocycles. The van der Waals surface area contributed by atoms with Crippen LogP contribution in [0.4, 0.5) is 0 Å². The van der Waals surface area contributed by atoms with Crippen LogP contribution in [0.15, 0.2) is 30.3 Å². The van der Waals surface area contributed by atoms with Crippen LogP contribution in [0, 0.1) is 6.92 Å². The van der Waals surface area contributed by atoms with Crippen LogP contribution in [0.2, 0.25) is 0 Å². The molecule has 0 radical (unpaired) electrons. The lowest BCUT2D eigenvalue weighted by Gasteiger charge is -1.99. The van der Waals surface area contributed by atoms with Crippen molar-refractivity contribution in [2.45, 2.75) is 6.92 Å². The van der Waals surface area contributed by atoms with Crippen LogP contribution in [0.5, 0.6) is 5.88 Å². The first-order valence-corrected chi connectivity index (χ1v) is 3.83. The first kappa shape index (κ1) is 10.0. The number of benzene rings is 1. The summed E-state index contributed by atoms with van der Waals surface area (Å²) in [5.74, 6) is 0.0769. The van der Waals surface area contributed by atoms with Crippen molar-refractivity contribution >= 4 is 28.3 Å². The lowest BCUT2D eigenvalue weighted by Crippen LogP contribution is -1.81. The molecular formula is C10H12AlNO. The summed E-state index contributed by atoms with van der Waals surface area (Å²) in [7, 11) is 0. The molecule has 66 valence electrons. The smallest absolute Gasteiger partial charge is 0.211 e. The molecule has 0 spiro atoms. The molecule has 1 N–H and O–H groups in total. The highest BCUT2D eigenvalue weighted by Gasteiger charge is 1.97. The minimum Gasteiger partial charge on any atom is -0.493 e. The maximum Gasteiger partial charge on any atom is 0.211 e. The standard InChI is InChI=1S/C10H9NO.Al.3H/c1-7-3-2-4-9-8(7)5-6-10(12)11-9;;;;/h2-6H,1H3,(H,11,12);;;;. The van der Waals surface area contributed by atoms with Crippen molar-refractivity contribution in [1.82, 2.24) is 4.98 Å². The number of rotatable bonds is 0. The molecule has 0 atom stereocenters. The Morgan fingerprint density at radius 2 is 1.92 bits per heavy atom. The SMILES string of the molecule is Cc1cccc2nc(O)ccc12.[AlH3]. The average Bonchev–Trinajstić information content (AvgIpc) is 2.04. The van der Waals surface area contributed by atoms with E-state index in [1.165, 1.54) is 5.56 Å². The van der Waals surface area contributed by atoms with Crippen LogP contribution in [0.25, 0.3) is 10.9 Å². The Labute approximate surface area is 87.4 Å². The predicted molar refractivity (Wildman–Crippen MR) is 58.1 cm³/mol. The van der Waals surface area contributed by atoms with E-state index in [-0.39, 0.29) is 23.2 Å². The highest BCUT2D eigenvalue weighted by molar-refractivity contribution is 5.82. The fourth-order valence-electron chi connectivity index (χ4n) is 1.30. The number of pyridine rings is 1. The van der Waals surface area contributed by atoms with E-state index in [1.807, 2.05) is 31.2 Å². The van der Waals surface area contributed by atoms with E-state index in [2.05, 4.69) is 4.98 Å². The van der Waals surface area contributed by atoms with Crippen LogP contribution >= 0.6 is 0 Å². The fourth-order valence-corrected chi connectivity index (χ4v) is 1.30. The van der Waals surface area contributed by atoms with Crippen LogP contribution in [-0.4, -0.2) is 27.5 Å². The van der Waals surface area contributed by atoms with E-state index in [0.717, 1.165) is 10.9 Å². The molecule has 0 unspecified atom stereocenters. The number of hydrogen-bond donors (Lipinski definition) is 1. The van der Waals surface area contributed by atoms with E-state index in [9.17, 15) is 0 Å². The monoisotopic (exact) mass is 189 g/mol. The van der Waals surface area contributed by atoms with Gasteiger partial charge in [0.1, 0.15) is 0 Å². The molecule has 0 saturated heterocycles. The third kappa shape index (κ3) is 1.83. The molecule has 0 fully saturated rings. The Balaban J connectivity index is 0.000000845. The molecule has 0 saturated carbocycles. The molecule has 2 aromatic rings. The first-order valence-electron chi connectivity index (χ1n) is 3.83. The number of aromatic hydroxyl groups is 1. The van der Waals surface area contributed by atoms with Crippen LogP contribution in [0.3, 0.4) is 0 Å². The van der Waals surface area contributed by atoms with Crippen molar-refractivity contribution in [3.63, 3.8) is 0 Å². The Morgan fingerprint density at radius 3 is 2.69 bits per heavy atom. The van der Waals surface area contributed by atoms with Crippen LogP contribution in [-0.2, 0) is 0 Å². The lowest BCUT2D eigenvalue weighted by atomic mass is 10.1. The van der Waals surface area contributed by atoms with E-state index in [1.54, 1.807) is 6.07 Å². The summed E-state index contributed by atoms with van der Waals surface area (Å²) in [5.41, 5.74) is 2.02. The predicted octanol–water partition coefficient (Wildman–Crippen LogP) is 1.06. The molecule has 0 aliphatic rings. The largest absolute Gasteiger partial charge is 0.493 e. The van der Waals surface area contributed by atoms with E-state index < -0.39 is 0 Å². The molecule has 1 aromatic carbocycles. The lowest BCUT2D eigenvalue weighted by molar-refractivity contribution is 0.456. The maximum atomic E-state index is 9.11. The quantitative estimate of drug-likeness (QED) is 0.629. The molecule has 3 heteroatoms. The van der Waals surface area contributed by atoms with Crippen molar-refractivity contribution in [2.75, 3.05) is 0 Å². The Hall–Kier alpha value is -1.04. The van der Waals surface area contributed by atoms with Gasteiger partial charge in [0.25, 0.3) is 0 Å². The van der Waals surface area contributed by atoms with Crippen molar-refractivity contribution in [1.29, 1.82) is 0 Å². The number of hydrogen-bond acceptors (Lipinski definition) is 2. The van der Waals surface area contributed by atoms with Gasteiger partial charge >= 0.3 is 0 Å². The summed E-state index contributed by atoms with van der Waals surface area (Å²) in [5, 5.41) is 10.2. The van der Waals surface area contributed by atoms with Crippen LogP contribution in [0.1, 0.15) is 5.56 Å². The summed E-state index contributed by atoms with van der Waals surface area (Å²) in [4.78, 5) is 3.99. The molecule has 0 aliphatic heterocycles. The van der Waals surface area contributed by atoms with Crippen molar-refractivity contribution in [2.24, 2.45) is 0 Å². The summed E-state index contributed by atoms with van der Waals surface area (Å²) in [6.45, 7) is 2.03. The molecule has 1 heterocycles. The van der Waals surface area contributed by atoms with Gasteiger partial charge in [-0.05, 0) is 24.6 Å². The second-order valence-corrected chi connectivity index (χ2v) is 2.81. The molecule has 0 amide bonds. The van der Waals surface area contributed by atoms with E-state index in [0.29, 0.717) is 0 Å². The van der Waals surface area contributed by atoms with Crippen molar-refractivity contribution < 1.29 is 5.11 Å². The zero-order chi connectivity index (χ0) is 8.55.